The van der Waals surface area contributed by atoms with Crippen LogP contribution in [0.25, 0.3) is 0 Å². The fraction of sp³-hybridized carbons (Fsp3) is 0.400. The van der Waals surface area contributed by atoms with Gasteiger partial charge < -0.3 is 4.90 Å². The molecule has 0 N–H and O–H groups in total. The van der Waals surface area contributed by atoms with Crippen molar-refractivity contribution in [1.29, 1.82) is 0 Å². The van der Waals surface area contributed by atoms with Gasteiger partial charge in [0, 0.05) is 17.3 Å². The first-order valence-corrected chi connectivity index (χ1v) is 7.47. The maximum absolute atomic E-state index is 2.61. The zero-order valence-corrected chi connectivity index (χ0v) is 12.6. The van der Waals surface area contributed by atoms with Gasteiger partial charge in [0.15, 0.2) is 0 Å². The monoisotopic (exact) mass is 281 g/mol. The van der Waals surface area contributed by atoms with Crippen LogP contribution in [0.5, 0.6) is 0 Å². The van der Waals surface area contributed by atoms with Crippen LogP contribution in [0.15, 0.2) is 54.6 Å². The van der Waals surface area contributed by atoms with Gasteiger partial charge in [-0.05, 0) is 50.8 Å². The van der Waals surface area contributed by atoms with E-state index in [9.17, 15) is 0 Å². The van der Waals surface area contributed by atoms with Crippen molar-refractivity contribution >= 4 is 5.69 Å². The molecular weight excluding hydrogens is 254 g/mol. The SMILES string of the molecule is C.CC(C)(C)N1c2ccccc2CC1Cc1ccccc1. The highest BCUT2D eigenvalue weighted by Gasteiger charge is 2.35. The molecule has 0 bridgehead atoms. The lowest BCUT2D eigenvalue weighted by Crippen LogP contribution is -2.47. The number of para-hydroxylation sites is 1. The predicted octanol–water partition coefficient (Wildman–Crippen LogP) is 5.10. The van der Waals surface area contributed by atoms with Crippen molar-refractivity contribution in [2.45, 2.75) is 52.6 Å². The molecular formula is C20H27N. The molecule has 0 aliphatic carbocycles. The number of rotatable bonds is 2. The molecule has 0 spiro atoms. The van der Waals surface area contributed by atoms with Crippen LogP contribution in [0.1, 0.15) is 39.3 Å². The summed E-state index contributed by atoms with van der Waals surface area (Å²) in [5, 5.41) is 0. The van der Waals surface area contributed by atoms with Crippen molar-refractivity contribution in [3.05, 3.63) is 65.7 Å². The average molecular weight is 281 g/mol. The molecule has 1 aliphatic heterocycles. The summed E-state index contributed by atoms with van der Waals surface area (Å²) in [5.74, 6) is 0. The predicted molar refractivity (Wildman–Crippen MR) is 93.0 cm³/mol. The van der Waals surface area contributed by atoms with Crippen molar-refractivity contribution in [3.8, 4) is 0 Å². The number of hydrogen-bond donors (Lipinski definition) is 0. The fourth-order valence-corrected chi connectivity index (χ4v) is 3.42. The summed E-state index contributed by atoms with van der Waals surface area (Å²) in [4.78, 5) is 2.61. The lowest BCUT2D eigenvalue weighted by atomic mass is 9.98. The van der Waals surface area contributed by atoms with Gasteiger partial charge in [-0.25, -0.2) is 0 Å². The van der Waals surface area contributed by atoms with Crippen molar-refractivity contribution in [1.82, 2.24) is 0 Å². The van der Waals surface area contributed by atoms with Crippen molar-refractivity contribution in [3.63, 3.8) is 0 Å². The molecule has 1 nitrogen and oxygen atoms in total. The maximum Gasteiger partial charge on any atom is 0.0406 e. The molecule has 1 heterocycles. The van der Waals surface area contributed by atoms with Crippen molar-refractivity contribution in [2.75, 3.05) is 4.90 Å². The summed E-state index contributed by atoms with van der Waals surface area (Å²) >= 11 is 0. The van der Waals surface area contributed by atoms with E-state index in [2.05, 4.69) is 80.3 Å². The van der Waals surface area contributed by atoms with Gasteiger partial charge in [-0.15, -0.1) is 0 Å². The summed E-state index contributed by atoms with van der Waals surface area (Å²) in [6, 6.07) is 20.3. The molecule has 1 unspecified atom stereocenters. The van der Waals surface area contributed by atoms with Crippen LogP contribution in [0.3, 0.4) is 0 Å². The number of nitrogens with zero attached hydrogens (tertiary/aromatic N) is 1. The van der Waals surface area contributed by atoms with E-state index in [4.69, 9.17) is 0 Å². The summed E-state index contributed by atoms with van der Waals surface area (Å²) in [6.07, 6.45) is 2.27. The normalized spacial score (nSPS) is 17.3. The van der Waals surface area contributed by atoms with Crippen LogP contribution >= 0.6 is 0 Å². The Labute approximate surface area is 129 Å². The van der Waals surface area contributed by atoms with E-state index < -0.39 is 0 Å². The molecule has 112 valence electrons. The molecule has 2 aromatic carbocycles. The van der Waals surface area contributed by atoms with Gasteiger partial charge in [0.05, 0.1) is 0 Å². The Balaban J connectivity index is 0.00000161. The first-order valence-electron chi connectivity index (χ1n) is 7.47. The van der Waals surface area contributed by atoms with Gasteiger partial charge in [0.1, 0.15) is 0 Å². The van der Waals surface area contributed by atoms with Crippen LogP contribution in [0.2, 0.25) is 0 Å². The molecule has 0 saturated carbocycles. The van der Waals surface area contributed by atoms with Crippen LogP contribution in [0.4, 0.5) is 5.69 Å². The third-order valence-electron chi connectivity index (χ3n) is 4.11. The topological polar surface area (TPSA) is 3.24 Å². The van der Waals surface area contributed by atoms with Gasteiger partial charge in [0.25, 0.3) is 0 Å². The first kappa shape index (κ1) is 15.6. The van der Waals surface area contributed by atoms with E-state index in [-0.39, 0.29) is 13.0 Å². The van der Waals surface area contributed by atoms with E-state index in [0.717, 1.165) is 12.8 Å². The van der Waals surface area contributed by atoms with E-state index >= 15 is 0 Å². The lowest BCUT2D eigenvalue weighted by molar-refractivity contribution is 0.450. The Bertz CT molecular complexity index is 580. The number of hydrogen-bond acceptors (Lipinski definition) is 1. The second-order valence-electron chi connectivity index (χ2n) is 6.72. The highest BCUT2D eigenvalue weighted by molar-refractivity contribution is 5.61. The Kier molecular flexibility index (Phi) is 4.41. The molecule has 0 aromatic heterocycles. The minimum Gasteiger partial charge on any atom is -0.363 e. The highest BCUT2D eigenvalue weighted by Crippen LogP contribution is 2.38. The van der Waals surface area contributed by atoms with Crippen LogP contribution < -0.4 is 4.90 Å². The Morgan fingerprint density at radius 1 is 0.952 bits per heavy atom. The maximum atomic E-state index is 2.61. The molecule has 3 rings (SSSR count). The molecule has 1 aliphatic rings. The van der Waals surface area contributed by atoms with Gasteiger partial charge >= 0.3 is 0 Å². The van der Waals surface area contributed by atoms with Gasteiger partial charge in [-0.2, -0.15) is 0 Å². The molecule has 1 atom stereocenters. The average Bonchev–Trinajstić information content (AvgIpc) is 2.77. The van der Waals surface area contributed by atoms with Gasteiger partial charge in [0.2, 0.25) is 0 Å². The molecule has 0 radical (unpaired) electrons. The van der Waals surface area contributed by atoms with E-state index in [0.29, 0.717) is 6.04 Å². The molecule has 21 heavy (non-hydrogen) atoms. The fourth-order valence-electron chi connectivity index (χ4n) is 3.42. The standard InChI is InChI=1S/C19H23N.CH4/c1-19(2,3)20-17(13-15-9-5-4-6-10-15)14-16-11-7-8-12-18(16)20;/h4-12,17H,13-14H2,1-3H3;1H4. The molecule has 2 aromatic rings. The summed E-state index contributed by atoms with van der Waals surface area (Å²) in [5.41, 5.74) is 4.50. The number of anilines is 1. The zero-order chi connectivity index (χ0) is 14.2. The lowest BCUT2D eigenvalue weighted by Gasteiger charge is -2.40. The molecule has 0 amide bonds. The van der Waals surface area contributed by atoms with E-state index in [1.807, 2.05) is 0 Å². The zero-order valence-electron chi connectivity index (χ0n) is 12.6. The second kappa shape index (κ2) is 5.93. The van der Waals surface area contributed by atoms with Gasteiger partial charge in [-0.1, -0.05) is 56.0 Å². The Hall–Kier alpha value is -1.76. The second-order valence-corrected chi connectivity index (χ2v) is 6.72. The van der Waals surface area contributed by atoms with Crippen LogP contribution in [-0.2, 0) is 12.8 Å². The molecule has 0 saturated heterocycles. The first-order chi connectivity index (χ1) is 9.55. The minimum absolute atomic E-state index is 0. The van der Waals surface area contributed by atoms with Crippen molar-refractivity contribution < 1.29 is 0 Å². The summed E-state index contributed by atoms with van der Waals surface area (Å²) in [7, 11) is 0. The van der Waals surface area contributed by atoms with Gasteiger partial charge in [-0.3, -0.25) is 0 Å². The van der Waals surface area contributed by atoms with E-state index in [1.54, 1.807) is 0 Å². The highest BCUT2D eigenvalue weighted by atomic mass is 15.2. The number of fused-ring (bicyclic) bond motifs is 1. The Morgan fingerprint density at radius 2 is 1.57 bits per heavy atom. The smallest absolute Gasteiger partial charge is 0.0406 e. The molecule has 1 heteroatoms. The molecule has 0 fully saturated rings. The van der Waals surface area contributed by atoms with Crippen molar-refractivity contribution in [2.24, 2.45) is 0 Å². The third-order valence-corrected chi connectivity index (χ3v) is 4.11. The third kappa shape index (κ3) is 3.12. The summed E-state index contributed by atoms with van der Waals surface area (Å²) in [6.45, 7) is 6.94. The minimum atomic E-state index is 0. The summed E-state index contributed by atoms with van der Waals surface area (Å²) < 4.78 is 0. The van der Waals surface area contributed by atoms with Crippen LogP contribution in [0, 0.1) is 0 Å². The number of benzene rings is 2. The quantitative estimate of drug-likeness (QED) is 0.740. The van der Waals surface area contributed by atoms with Crippen LogP contribution in [-0.4, -0.2) is 11.6 Å². The Morgan fingerprint density at radius 3 is 2.24 bits per heavy atom. The largest absolute Gasteiger partial charge is 0.363 e. The van der Waals surface area contributed by atoms with E-state index in [1.165, 1.54) is 16.8 Å².